The maximum absolute atomic E-state index is 12.8. The Labute approximate surface area is 196 Å². The van der Waals surface area contributed by atoms with Crippen LogP contribution in [0.2, 0.25) is 0 Å². The van der Waals surface area contributed by atoms with Crippen molar-refractivity contribution < 1.29 is 14.7 Å². The minimum Gasteiger partial charge on any atom is -0.481 e. The number of carbonyl (C=O) groups excluding carboxylic acids is 1. The lowest BCUT2D eigenvalue weighted by atomic mass is 9.94. The second-order valence-corrected chi connectivity index (χ2v) is 9.00. The number of hydrogen-bond acceptors (Lipinski definition) is 3. The number of hydrogen-bond donors (Lipinski definition) is 3. The van der Waals surface area contributed by atoms with Crippen LogP contribution in [0.3, 0.4) is 0 Å². The number of H-pyrrole nitrogens is 1. The van der Waals surface area contributed by atoms with E-state index in [4.69, 9.17) is 5.11 Å². The van der Waals surface area contributed by atoms with Crippen molar-refractivity contribution in [1.82, 2.24) is 4.98 Å². The number of aryl methyl sites for hydroxylation is 3. The van der Waals surface area contributed by atoms with Crippen molar-refractivity contribution >= 4 is 17.6 Å². The lowest BCUT2D eigenvalue weighted by molar-refractivity contribution is -0.137. The van der Waals surface area contributed by atoms with Crippen LogP contribution in [0.15, 0.2) is 23.0 Å². The summed E-state index contributed by atoms with van der Waals surface area (Å²) in [4.78, 5) is 38.9. The Kier molecular flexibility index (Phi) is 10.4. The first kappa shape index (κ1) is 26.4. The van der Waals surface area contributed by atoms with Crippen LogP contribution in [-0.2, 0) is 22.4 Å². The fourth-order valence-corrected chi connectivity index (χ4v) is 4.47. The molecule has 33 heavy (non-hydrogen) atoms. The monoisotopic (exact) mass is 454 g/mol. The molecule has 2 rings (SSSR count). The van der Waals surface area contributed by atoms with E-state index < -0.39 is 5.97 Å². The topological polar surface area (TPSA) is 99.3 Å². The number of rotatable bonds is 13. The van der Waals surface area contributed by atoms with Crippen molar-refractivity contribution in [1.29, 1.82) is 0 Å². The van der Waals surface area contributed by atoms with Crippen LogP contribution in [0.5, 0.6) is 0 Å². The summed E-state index contributed by atoms with van der Waals surface area (Å²) in [6.07, 6.45) is 7.19. The van der Waals surface area contributed by atoms with Gasteiger partial charge in [-0.25, -0.2) is 0 Å². The van der Waals surface area contributed by atoms with E-state index in [0.717, 1.165) is 60.9 Å². The maximum Gasteiger partial charge on any atom is 0.303 e. The van der Waals surface area contributed by atoms with Crippen molar-refractivity contribution in [3.8, 4) is 0 Å². The minimum absolute atomic E-state index is 0.140. The van der Waals surface area contributed by atoms with Gasteiger partial charge in [-0.1, -0.05) is 61.9 Å². The Morgan fingerprint density at radius 2 is 1.45 bits per heavy atom. The number of aliphatic carboxylic acids is 1. The summed E-state index contributed by atoms with van der Waals surface area (Å²) < 4.78 is 0. The van der Waals surface area contributed by atoms with Gasteiger partial charge in [0.2, 0.25) is 5.91 Å². The standard InChI is InChI=1S/C27H38N2O4/c1-5-22-20(4)28-27(33)26(23(22)17-21-15-18(2)14-19(3)16-21)29-24(30)12-10-8-6-7-9-11-13-25(31)32/h14-16H,5-13,17H2,1-4H3,(H,28,33)(H,29,30)(H,31,32). The normalized spacial score (nSPS) is 10.9. The third-order valence-corrected chi connectivity index (χ3v) is 5.97. The van der Waals surface area contributed by atoms with Gasteiger partial charge in [0, 0.05) is 25.0 Å². The quantitative estimate of drug-likeness (QED) is 0.343. The second-order valence-electron chi connectivity index (χ2n) is 9.00. The van der Waals surface area contributed by atoms with Gasteiger partial charge in [-0.2, -0.15) is 0 Å². The summed E-state index contributed by atoms with van der Waals surface area (Å²) in [6.45, 7) is 8.10. The van der Waals surface area contributed by atoms with Gasteiger partial charge in [-0.3, -0.25) is 14.4 Å². The molecule has 1 heterocycles. The largest absolute Gasteiger partial charge is 0.481 e. The van der Waals surface area contributed by atoms with Crippen LogP contribution < -0.4 is 10.9 Å². The van der Waals surface area contributed by atoms with Crippen molar-refractivity contribution in [3.63, 3.8) is 0 Å². The molecule has 3 N–H and O–H groups in total. The van der Waals surface area contributed by atoms with E-state index in [2.05, 4.69) is 49.3 Å². The summed E-state index contributed by atoms with van der Waals surface area (Å²) in [5, 5.41) is 11.6. The molecular weight excluding hydrogens is 416 g/mol. The van der Waals surface area contributed by atoms with Crippen LogP contribution in [0.1, 0.15) is 91.8 Å². The molecule has 2 aromatic rings. The first-order valence-electron chi connectivity index (χ1n) is 12.0. The van der Waals surface area contributed by atoms with Crippen LogP contribution in [0.25, 0.3) is 0 Å². The number of benzene rings is 1. The van der Waals surface area contributed by atoms with Crippen molar-refractivity contribution in [2.45, 2.75) is 91.9 Å². The summed E-state index contributed by atoms with van der Waals surface area (Å²) >= 11 is 0. The fraction of sp³-hybridized carbons (Fsp3) is 0.519. The molecule has 0 saturated heterocycles. The molecule has 1 aromatic carbocycles. The molecule has 0 aliphatic carbocycles. The van der Waals surface area contributed by atoms with Crippen LogP contribution >= 0.6 is 0 Å². The highest BCUT2D eigenvalue weighted by Gasteiger charge is 2.17. The zero-order chi connectivity index (χ0) is 24.4. The van der Waals surface area contributed by atoms with E-state index in [9.17, 15) is 14.4 Å². The van der Waals surface area contributed by atoms with Crippen molar-refractivity contribution in [3.05, 3.63) is 62.1 Å². The van der Waals surface area contributed by atoms with E-state index in [1.165, 1.54) is 11.1 Å². The zero-order valence-corrected chi connectivity index (χ0v) is 20.5. The molecule has 1 aromatic heterocycles. The average Bonchev–Trinajstić information content (AvgIpc) is 2.72. The number of carboxylic acid groups (broad SMARTS) is 1. The van der Waals surface area contributed by atoms with Gasteiger partial charge in [0.15, 0.2) is 0 Å². The van der Waals surface area contributed by atoms with E-state index in [1.54, 1.807) is 0 Å². The number of aromatic nitrogens is 1. The average molecular weight is 455 g/mol. The van der Waals surface area contributed by atoms with Gasteiger partial charge in [-0.05, 0) is 56.7 Å². The number of amides is 1. The Morgan fingerprint density at radius 1 is 0.879 bits per heavy atom. The van der Waals surface area contributed by atoms with Crippen LogP contribution in [-0.4, -0.2) is 22.0 Å². The highest BCUT2D eigenvalue weighted by Crippen LogP contribution is 2.24. The predicted octanol–water partition coefficient (Wildman–Crippen LogP) is 5.60. The van der Waals surface area contributed by atoms with E-state index >= 15 is 0 Å². The van der Waals surface area contributed by atoms with Crippen LogP contribution in [0, 0.1) is 20.8 Å². The third-order valence-electron chi connectivity index (χ3n) is 5.97. The summed E-state index contributed by atoms with van der Waals surface area (Å²) in [5.41, 5.74) is 6.43. The van der Waals surface area contributed by atoms with Gasteiger partial charge in [0.1, 0.15) is 5.69 Å². The van der Waals surface area contributed by atoms with E-state index in [1.807, 2.05) is 6.92 Å². The summed E-state index contributed by atoms with van der Waals surface area (Å²) in [6, 6.07) is 6.39. The smallest absolute Gasteiger partial charge is 0.303 e. The molecule has 0 atom stereocenters. The molecule has 0 radical (unpaired) electrons. The molecule has 6 nitrogen and oxygen atoms in total. The number of carbonyl (C=O) groups is 2. The van der Waals surface area contributed by atoms with E-state index in [-0.39, 0.29) is 17.9 Å². The molecule has 1 amide bonds. The number of aromatic amines is 1. The Morgan fingerprint density at radius 3 is 2.03 bits per heavy atom. The summed E-state index contributed by atoms with van der Waals surface area (Å²) in [7, 11) is 0. The molecule has 0 spiro atoms. The van der Waals surface area contributed by atoms with Crippen molar-refractivity contribution in [2.75, 3.05) is 5.32 Å². The lowest BCUT2D eigenvalue weighted by Crippen LogP contribution is -2.24. The van der Waals surface area contributed by atoms with Gasteiger partial charge in [0.25, 0.3) is 5.56 Å². The zero-order valence-electron chi connectivity index (χ0n) is 20.5. The Bertz CT molecular complexity index is 1000. The van der Waals surface area contributed by atoms with Crippen LogP contribution in [0.4, 0.5) is 5.69 Å². The number of nitrogens with one attached hydrogen (secondary N) is 2. The SMILES string of the molecule is CCc1c(C)[nH]c(=O)c(NC(=O)CCCCCCCCC(=O)O)c1Cc1cc(C)cc(C)c1. The van der Waals surface area contributed by atoms with Gasteiger partial charge in [0.05, 0.1) is 0 Å². The highest BCUT2D eigenvalue weighted by molar-refractivity contribution is 5.91. The molecule has 0 saturated carbocycles. The summed E-state index contributed by atoms with van der Waals surface area (Å²) in [5.74, 6) is -0.889. The predicted molar refractivity (Wildman–Crippen MR) is 133 cm³/mol. The number of pyridine rings is 1. The van der Waals surface area contributed by atoms with Crippen molar-refractivity contribution in [2.24, 2.45) is 0 Å². The Balaban J connectivity index is 2.04. The highest BCUT2D eigenvalue weighted by atomic mass is 16.4. The number of carboxylic acids is 1. The molecular formula is C27H38N2O4. The van der Waals surface area contributed by atoms with Gasteiger partial charge in [-0.15, -0.1) is 0 Å². The second kappa shape index (κ2) is 13.0. The molecule has 0 aliphatic heterocycles. The first-order valence-corrected chi connectivity index (χ1v) is 12.0. The van der Waals surface area contributed by atoms with Gasteiger partial charge < -0.3 is 15.4 Å². The fourth-order valence-electron chi connectivity index (χ4n) is 4.47. The number of unbranched alkanes of at least 4 members (excludes halogenated alkanes) is 5. The number of anilines is 1. The Hall–Kier alpha value is -2.89. The molecule has 0 fully saturated rings. The molecule has 6 heteroatoms. The third kappa shape index (κ3) is 8.52. The maximum atomic E-state index is 12.8. The first-order chi connectivity index (χ1) is 15.7. The minimum atomic E-state index is -0.749. The molecule has 0 unspecified atom stereocenters. The lowest BCUT2D eigenvalue weighted by Gasteiger charge is -2.17. The van der Waals surface area contributed by atoms with Gasteiger partial charge >= 0.3 is 5.97 Å². The molecule has 0 aliphatic rings. The molecule has 180 valence electrons. The molecule has 0 bridgehead atoms. The van der Waals surface area contributed by atoms with E-state index in [0.29, 0.717) is 24.9 Å².